The van der Waals surface area contributed by atoms with E-state index < -0.39 is 5.60 Å². The first-order valence-corrected chi connectivity index (χ1v) is 6.57. The molecule has 3 atom stereocenters. The normalized spacial score (nSPS) is 35.4. The maximum atomic E-state index is 11.8. The van der Waals surface area contributed by atoms with E-state index >= 15 is 0 Å². The maximum Gasteiger partial charge on any atom is 0.181 e. The topological polar surface area (TPSA) is 57.5 Å². The van der Waals surface area contributed by atoms with Gasteiger partial charge in [-0.05, 0) is 50.7 Å². The molecule has 18 heavy (non-hydrogen) atoms. The van der Waals surface area contributed by atoms with Crippen molar-refractivity contribution < 1.29 is 15.0 Å². The molecule has 1 fully saturated rings. The predicted molar refractivity (Wildman–Crippen MR) is 70.0 cm³/mol. The molecule has 0 aromatic heterocycles. The van der Waals surface area contributed by atoms with Gasteiger partial charge < -0.3 is 10.2 Å². The summed E-state index contributed by atoms with van der Waals surface area (Å²) in [7, 11) is 0. The number of aliphatic hydroxyl groups excluding tert-OH is 1. The number of carbonyl (C=O) groups is 1. The fraction of sp³-hybridized carbons (Fsp3) is 0.667. The van der Waals surface area contributed by atoms with Crippen LogP contribution in [0.3, 0.4) is 0 Å². The van der Waals surface area contributed by atoms with Crippen molar-refractivity contribution in [2.45, 2.75) is 45.6 Å². The molecular weight excluding hydrogens is 228 g/mol. The van der Waals surface area contributed by atoms with E-state index in [1.807, 2.05) is 13.0 Å². The lowest BCUT2D eigenvalue weighted by atomic mass is 9.61. The molecule has 2 rings (SSSR count). The van der Waals surface area contributed by atoms with Crippen molar-refractivity contribution in [1.29, 1.82) is 0 Å². The van der Waals surface area contributed by atoms with Gasteiger partial charge >= 0.3 is 0 Å². The van der Waals surface area contributed by atoms with Crippen molar-refractivity contribution in [3.63, 3.8) is 0 Å². The third-order valence-corrected chi connectivity index (χ3v) is 4.78. The number of aliphatic hydroxyl groups is 2. The molecule has 1 unspecified atom stereocenters. The molecule has 2 aliphatic rings. The van der Waals surface area contributed by atoms with Crippen molar-refractivity contribution >= 4 is 5.78 Å². The Morgan fingerprint density at radius 1 is 1.56 bits per heavy atom. The fourth-order valence-corrected chi connectivity index (χ4v) is 3.17. The number of fused-ring (bicyclic) bond motifs is 1. The average molecular weight is 250 g/mol. The van der Waals surface area contributed by atoms with Gasteiger partial charge in [-0.1, -0.05) is 18.6 Å². The molecule has 1 saturated carbocycles. The summed E-state index contributed by atoms with van der Waals surface area (Å²) in [4.78, 5) is 11.8. The number of ketones is 1. The summed E-state index contributed by atoms with van der Waals surface area (Å²) in [6.45, 7) is 5.47. The summed E-state index contributed by atoms with van der Waals surface area (Å²) >= 11 is 0. The van der Waals surface area contributed by atoms with Crippen LogP contribution in [0.15, 0.2) is 23.3 Å². The summed E-state index contributed by atoms with van der Waals surface area (Å²) in [5.41, 5.74) is 0.859. The highest BCUT2D eigenvalue weighted by Crippen LogP contribution is 2.49. The van der Waals surface area contributed by atoms with Crippen LogP contribution in [-0.2, 0) is 4.79 Å². The van der Waals surface area contributed by atoms with Gasteiger partial charge in [0.15, 0.2) is 5.78 Å². The van der Waals surface area contributed by atoms with Crippen molar-refractivity contribution in [3.05, 3.63) is 23.3 Å². The number of hydrogen-bond acceptors (Lipinski definition) is 3. The second kappa shape index (κ2) is 4.32. The Morgan fingerprint density at radius 2 is 2.22 bits per heavy atom. The van der Waals surface area contributed by atoms with Gasteiger partial charge in [0, 0.05) is 5.41 Å². The van der Waals surface area contributed by atoms with Crippen molar-refractivity contribution in [3.8, 4) is 0 Å². The largest absolute Gasteiger partial charge is 0.393 e. The van der Waals surface area contributed by atoms with E-state index in [1.54, 1.807) is 13.0 Å². The van der Waals surface area contributed by atoms with Crippen LogP contribution in [0.25, 0.3) is 0 Å². The van der Waals surface area contributed by atoms with Crippen LogP contribution in [0.4, 0.5) is 0 Å². The van der Waals surface area contributed by atoms with Crippen LogP contribution < -0.4 is 0 Å². The zero-order valence-electron chi connectivity index (χ0n) is 11.4. The smallest absolute Gasteiger partial charge is 0.181 e. The van der Waals surface area contributed by atoms with Gasteiger partial charge in [-0.2, -0.15) is 0 Å². The molecule has 0 bridgehead atoms. The van der Waals surface area contributed by atoms with Gasteiger partial charge in [-0.15, -0.1) is 0 Å². The van der Waals surface area contributed by atoms with E-state index in [9.17, 15) is 15.0 Å². The summed E-state index contributed by atoms with van der Waals surface area (Å²) in [5.74, 6) is 0.103. The lowest BCUT2D eigenvalue weighted by Crippen LogP contribution is -2.43. The minimum atomic E-state index is -1.06. The van der Waals surface area contributed by atoms with Crippen molar-refractivity contribution in [2.24, 2.45) is 11.3 Å². The Morgan fingerprint density at radius 3 is 2.83 bits per heavy atom. The van der Waals surface area contributed by atoms with Gasteiger partial charge in [0.05, 0.1) is 12.2 Å². The molecule has 0 amide bonds. The SMILES string of the molecule is CC1=C2C[C@@H](C(C)(O)CO)CC[C@]2(C)C=CC1=O. The van der Waals surface area contributed by atoms with E-state index in [0.29, 0.717) is 6.42 Å². The second-order valence-corrected chi connectivity index (χ2v) is 6.17. The van der Waals surface area contributed by atoms with Crippen LogP contribution in [0.2, 0.25) is 0 Å². The minimum Gasteiger partial charge on any atom is -0.393 e. The molecule has 0 aromatic carbocycles. The molecule has 3 heteroatoms. The van der Waals surface area contributed by atoms with E-state index in [1.165, 1.54) is 0 Å². The summed E-state index contributed by atoms with van der Waals surface area (Å²) in [6.07, 6.45) is 6.17. The highest BCUT2D eigenvalue weighted by Gasteiger charge is 2.43. The number of rotatable bonds is 2. The van der Waals surface area contributed by atoms with Gasteiger partial charge in [0.25, 0.3) is 0 Å². The van der Waals surface area contributed by atoms with Crippen LogP contribution >= 0.6 is 0 Å². The molecule has 0 radical (unpaired) electrons. The fourth-order valence-electron chi connectivity index (χ4n) is 3.17. The van der Waals surface area contributed by atoms with Crippen molar-refractivity contribution in [1.82, 2.24) is 0 Å². The van der Waals surface area contributed by atoms with Crippen LogP contribution in [-0.4, -0.2) is 28.2 Å². The van der Waals surface area contributed by atoms with Gasteiger partial charge in [-0.25, -0.2) is 0 Å². The Kier molecular flexibility index (Phi) is 3.24. The average Bonchev–Trinajstić information content (AvgIpc) is 2.34. The standard InChI is InChI=1S/C15H22O3/c1-10-12-8-11(15(3,18)9-16)4-6-14(12,2)7-5-13(10)17/h5,7,11,16,18H,4,6,8-9H2,1-3H3/t11-,14+,15?/m0/s1. The highest BCUT2D eigenvalue weighted by molar-refractivity contribution is 6.05. The lowest BCUT2D eigenvalue weighted by Gasteiger charge is -2.44. The van der Waals surface area contributed by atoms with E-state index in [-0.39, 0.29) is 23.7 Å². The van der Waals surface area contributed by atoms with Crippen LogP contribution in [0.5, 0.6) is 0 Å². The maximum absolute atomic E-state index is 11.8. The van der Waals surface area contributed by atoms with Gasteiger partial charge in [-0.3, -0.25) is 4.79 Å². The number of allylic oxidation sites excluding steroid dienone is 4. The third kappa shape index (κ3) is 2.06. The predicted octanol–water partition coefficient (Wildman–Crippen LogP) is 1.99. The molecule has 2 N–H and O–H groups in total. The Bertz CT molecular complexity index is 431. The monoisotopic (exact) mass is 250 g/mol. The van der Waals surface area contributed by atoms with Crippen LogP contribution in [0.1, 0.15) is 40.0 Å². The Balaban J connectivity index is 2.32. The molecule has 0 aromatic rings. The summed E-state index contributed by atoms with van der Waals surface area (Å²) < 4.78 is 0. The molecule has 3 nitrogen and oxygen atoms in total. The molecule has 0 saturated heterocycles. The van der Waals surface area contributed by atoms with E-state index in [4.69, 9.17) is 0 Å². The molecule has 2 aliphatic carbocycles. The van der Waals surface area contributed by atoms with Crippen LogP contribution in [0, 0.1) is 11.3 Å². The molecule has 0 spiro atoms. The summed E-state index contributed by atoms with van der Waals surface area (Å²) in [5, 5.41) is 19.5. The zero-order chi connectivity index (χ0) is 13.6. The number of hydrogen-bond donors (Lipinski definition) is 2. The molecular formula is C15H22O3. The first-order valence-electron chi connectivity index (χ1n) is 6.57. The third-order valence-electron chi connectivity index (χ3n) is 4.78. The number of carbonyl (C=O) groups excluding carboxylic acids is 1. The minimum absolute atomic E-state index is 0.0276. The lowest BCUT2D eigenvalue weighted by molar-refractivity contribution is -0.111. The quantitative estimate of drug-likeness (QED) is 0.788. The summed E-state index contributed by atoms with van der Waals surface area (Å²) in [6, 6.07) is 0. The highest BCUT2D eigenvalue weighted by atomic mass is 16.3. The van der Waals surface area contributed by atoms with Crippen molar-refractivity contribution in [2.75, 3.05) is 6.61 Å². The zero-order valence-corrected chi connectivity index (χ0v) is 11.4. The molecule has 100 valence electrons. The van der Waals surface area contributed by atoms with Gasteiger partial charge in [0.2, 0.25) is 0 Å². The Hall–Kier alpha value is -0.930. The van der Waals surface area contributed by atoms with Gasteiger partial charge in [0.1, 0.15) is 0 Å². The molecule has 0 heterocycles. The first-order chi connectivity index (χ1) is 8.30. The Labute approximate surface area is 108 Å². The second-order valence-electron chi connectivity index (χ2n) is 6.17. The molecule has 0 aliphatic heterocycles. The van der Waals surface area contributed by atoms with E-state index in [0.717, 1.165) is 24.0 Å². The first kappa shape index (κ1) is 13.5. The van der Waals surface area contributed by atoms with E-state index in [2.05, 4.69) is 6.92 Å².